The highest BCUT2D eigenvalue weighted by atomic mass is 32.2. The van der Waals surface area contributed by atoms with E-state index in [2.05, 4.69) is 42.5 Å². The molecule has 0 bridgehead atoms. The third kappa shape index (κ3) is 4.99. The molecule has 0 aliphatic carbocycles. The van der Waals surface area contributed by atoms with Gasteiger partial charge in [-0.25, -0.2) is 4.79 Å². The zero-order valence-corrected chi connectivity index (χ0v) is 15.5. The molecular formula is C19H25N3OS. The summed E-state index contributed by atoms with van der Waals surface area (Å²) in [7, 11) is 1.82. The van der Waals surface area contributed by atoms with Crippen LogP contribution in [-0.4, -0.2) is 29.2 Å². The normalized spacial score (nSPS) is 12.0. The number of benzene rings is 1. The van der Waals surface area contributed by atoms with Crippen molar-refractivity contribution in [2.24, 2.45) is 5.92 Å². The van der Waals surface area contributed by atoms with Crippen molar-refractivity contribution in [2.75, 3.05) is 13.3 Å². The highest BCUT2D eigenvalue weighted by Gasteiger charge is 2.21. The molecule has 0 aliphatic heterocycles. The second-order valence-corrected chi connectivity index (χ2v) is 7.01. The van der Waals surface area contributed by atoms with Crippen molar-refractivity contribution in [2.45, 2.75) is 31.3 Å². The summed E-state index contributed by atoms with van der Waals surface area (Å²) < 4.78 is 0. The smallest absolute Gasteiger partial charge is 0.317 e. The van der Waals surface area contributed by atoms with Crippen molar-refractivity contribution in [1.82, 2.24) is 15.2 Å². The molecule has 0 radical (unpaired) electrons. The highest BCUT2D eigenvalue weighted by molar-refractivity contribution is 7.98. The maximum absolute atomic E-state index is 12.6. The summed E-state index contributed by atoms with van der Waals surface area (Å²) in [4.78, 5) is 19.9. The lowest BCUT2D eigenvalue weighted by atomic mass is 10.0. The monoisotopic (exact) mass is 343 g/mol. The topological polar surface area (TPSA) is 45.2 Å². The number of amides is 2. The lowest BCUT2D eigenvalue weighted by Gasteiger charge is -2.26. The van der Waals surface area contributed by atoms with Gasteiger partial charge < -0.3 is 10.2 Å². The van der Waals surface area contributed by atoms with E-state index in [1.807, 2.05) is 37.4 Å². The van der Waals surface area contributed by atoms with Crippen LogP contribution in [0.2, 0.25) is 0 Å². The molecule has 128 valence electrons. The van der Waals surface area contributed by atoms with E-state index >= 15 is 0 Å². The zero-order chi connectivity index (χ0) is 17.5. The number of thioether (sulfide) groups is 1. The van der Waals surface area contributed by atoms with Crippen LogP contribution in [0.5, 0.6) is 0 Å². The summed E-state index contributed by atoms with van der Waals surface area (Å²) in [6.07, 6.45) is 3.81. The number of rotatable bonds is 6. The number of hydrogen-bond donors (Lipinski definition) is 1. The predicted molar refractivity (Wildman–Crippen MR) is 100 cm³/mol. The SMILES string of the molecule is CSc1cccc(CN(C)C(=O)N[C@H](c2ccccn2)C(C)C)c1. The first-order valence-corrected chi connectivity index (χ1v) is 9.29. The number of nitrogens with zero attached hydrogens (tertiary/aromatic N) is 2. The minimum atomic E-state index is -0.0984. The molecule has 2 rings (SSSR count). The molecule has 24 heavy (non-hydrogen) atoms. The number of nitrogens with one attached hydrogen (secondary N) is 1. The molecule has 1 N–H and O–H groups in total. The lowest BCUT2D eigenvalue weighted by molar-refractivity contribution is 0.198. The van der Waals surface area contributed by atoms with Gasteiger partial charge in [-0.05, 0) is 42.0 Å². The molecular weight excluding hydrogens is 318 g/mol. The molecule has 2 amide bonds. The minimum absolute atomic E-state index is 0.0890. The Hall–Kier alpha value is -2.01. The molecule has 0 fully saturated rings. The van der Waals surface area contributed by atoms with E-state index in [1.54, 1.807) is 22.9 Å². The average Bonchev–Trinajstić information content (AvgIpc) is 2.60. The molecule has 5 heteroatoms. The molecule has 0 saturated carbocycles. The summed E-state index contributed by atoms with van der Waals surface area (Å²) >= 11 is 1.70. The van der Waals surface area contributed by atoms with E-state index < -0.39 is 0 Å². The molecule has 0 spiro atoms. The molecule has 0 saturated heterocycles. The third-order valence-corrected chi connectivity index (χ3v) is 4.58. The standard InChI is InChI=1S/C19H25N3OS/c1-14(2)18(17-10-5-6-11-20-17)21-19(23)22(3)13-15-8-7-9-16(12-15)24-4/h5-12,14,18H,13H2,1-4H3,(H,21,23)/t18-/m0/s1. The van der Waals surface area contributed by atoms with E-state index in [9.17, 15) is 4.79 Å². The first-order valence-electron chi connectivity index (χ1n) is 8.06. The van der Waals surface area contributed by atoms with Gasteiger partial charge in [0.25, 0.3) is 0 Å². The number of urea groups is 1. The van der Waals surface area contributed by atoms with Crippen LogP contribution in [0.25, 0.3) is 0 Å². The molecule has 1 aromatic carbocycles. The Morgan fingerprint density at radius 2 is 2.04 bits per heavy atom. The fraction of sp³-hybridized carbons (Fsp3) is 0.368. The Labute approximate surface area is 148 Å². The van der Waals surface area contributed by atoms with Crippen LogP contribution in [0.15, 0.2) is 53.6 Å². The van der Waals surface area contributed by atoms with E-state index in [-0.39, 0.29) is 18.0 Å². The maximum Gasteiger partial charge on any atom is 0.317 e. The van der Waals surface area contributed by atoms with Gasteiger partial charge in [-0.15, -0.1) is 11.8 Å². The second kappa shape index (κ2) is 8.73. The van der Waals surface area contributed by atoms with Crippen LogP contribution >= 0.6 is 11.8 Å². The first kappa shape index (κ1) is 18.3. The highest BCUT2D eigenvalue weighted by Crippen LogP contribution is 2.20. The first-order chi connectivity index (χ1) is 11.5. The number of aromatic nitrogens is 1. The number of pyridine rings is 1. The van der Waals surface area contributed by atoms with Gasteiger partial charge in [0.05, 0.1) is 11.7 Å². The molecule has 1 atom stereocenters. The molecule has 0 aliphatic rings. The molecule has 1 heterocycles. The number of carbonyl (C=O) groups excluding carboxylic acids is 1. The van der Waals surface area contributed by atoms with Gasteiger partial charge in [-0.3, -0.25) is 4.98 Å². The third-order valence-electron chi connectivity index (χ3n) is 3.85. The Bertz CT molecular complexity index is 661. The molecule has 1 aromatic heterocycles. The zero-order valence-electron chi connectivity index (χ0n) is 14.7. The van der Waals surface area contributed by atoms with Crippen LogP contribution in [0.4, 0.5) is 4.79 Å². The van der Waals surface area contributed by atoms with Crippen LogP contribution < -0.4 is 5.32 Å². The fourth-order valence-corrected chi connectivity index (χ4v) is 2.99. The predicted octanol–water partition coefficient (Wildman–Crippen LogP) is 4.34. The molecule has 4 nitrogen and oxygen atoms in total. The van der Waals surface area contributed by atoms with Crippen molar-refractivity contribution >= 4 is 17.8 Å². The van der Waals surface area contributed by atoms with Gasteiger partial charge in [0.2, 0.25) is 0 Å². The van der Waals surface area contributed by atoms with Crippen LogP contribution in [0.3, 0.4) is 0 Å². The summed E-state index contributed by atoms with van der Waals surface area (Å²) in [5, 5.41) is 3.10. The van der Waals surface area contributed by atoms with Gasteiger partial charge in [0, 0.05) is 24.7 Å². The van der Waals surface area contributed by atoms with Crippen molar-refractivity contribution in [1.29, 1.82) is 0 Å². The summed E-state index contributed by atoms with van der Waals surface area (Å²) in [5.41, 5.74) is 2.01. The summed E-state index contributed by atoms with van der Waals surface area (Å²) in [6.45, 7) is 4.75. The van der Waals surface area contributed by atoms with Gasteiger partial charge in [0.15, 0.2) is 0 Å². The van der Waals surface area contributed by atoms with Gasteiger partial charge >= 0.3 is 6.03 Å². The Morgan fingerprint density at radius 1 is 1.25 bits per heavy atom. The molecule has 0 unspecified atom stereocenters. The van der Waals surface area contributed by atoms with Crippen LogP contribution in [-0.2, 0) is 6.54 Å². The fourth-order valence-electron chi connectivity index (χ4n) is 2.50. The summed E-state index contributed by atoms with van der Waals surface area (Å²) in [5.74, 6) is 0.261. The Morgan fingerprint density at radius 3 is 2.67 bits per heavy atom. The van der Waals surface area contributed by atoms with E-state index in [1.165, 1.54) is 4.90 Å². The van der Waals surface area contributed by atoms with E-state index in [4.69, 9.17) is 0 Å². The van der Waals surface area contributed by atoms with Crippen molar-refractivity contribution < 1.29 is 4.79 Å². The van der Waals surface area contributed by atoms with Crippen LogP contribution in [0.1, 0.15) is 31.1 Å². The lowest BCUT2D eigenvalue weighted by Crippen LogP contribution is -2.40. The van der Waals surface area contributed by atoms with Crippen molar-refractivity contribution in [3.8, 4) is 0 Å². The second-order valence-electron chi connectivity index (χ2n) is 6.13. The van der Waals surface area contributed by atoms with Crippen LogP contribution in [0, 0.1) is 5.92 Å². The van der Waals surface area contributed by atoms with E-state index in [0.29, 0.717) is 6.54 Å². The Kier molecular flexibility index (Phi) is 6.67. The van der Waals surface area contributed by atoms with Crippen molar-refractivity contribution in [3.05, 3.63) is 59.9 Å². The number of carbonyl (C=O) groups is 1. The van der Waals surface area contributed by atoms with Crippen molar-refractivity contribution in [3.63, 3.8) is 0 Å². The minimum Gasteiger partial charge on any atom is -0.329 e. The van der Waals surface area contributed by atoms with Gasteiger partial charge in [-0.2, -0.15) is 0 Å². The van der Waals surface area contributed by atoms with Gasteiger partial charge in [0.1, 0.15) is 0 Å². The van der Waals surface area contributed by atoms with Gasteiger partial charge in [-0.1, -0.05) is 32.0 Å². The summed E-state index contributed by atoms with van der Waals surface area (Å²) in [6, 6.07) is 13.9. The quantitative estimate of drug-likeness (QED) is 0.794. The molecule has 2 aromatic rings. The maximum atomic E-state index is 12.6. The Balaban J connectivity index is 2.03. The average molecular weight is 343 g/mol. The number of hydrogen-bond acceptors (Lipinski definition) is 3. The van der Waals surface area contributed by atoms with E-state index in [0.717, 1.165) is 11.3 Å². The largest absolute Gasteiger partial charge is 0.329 e.